The third-order valence-electron chi connectivity index (χ3n) is 4.04. The third-order valence-corrected chi connectivity index (χ3v) is 7.03. The molecule has 3 rings (SSSR count). The molecule has 9 heteroatoms. The second-order valence-corrected chi connectivity index (χ2v) is 9.98. The zero-order valence-electron chi connectivity index (χ0n) is 14.9. The van der Waals surface area contributed by atoms with Gasteiger partial charge in [0.25, 0.3) is 10.0 Å². The zero-order valence-corrected chi connectivity index (χ0v) is 18.7. The second-order valence-electron chi connectivity index (χ2n) is 6.13. The minimum absolute atomic E-state index is 0.237. The maximum absolute atomic E-state index is 12.4. The van der Waals surface area contributed by atoms with Crippen LogP contribution in [0.2, 0.25) is 0 Å². The van der Waals surface area contributed by atoms with E-state index in [1.807, 2.05) is 12.1 Å². The van der Waals surface area contributed by atoms with Gasteiger partial charge in [0.1, 0.15) is 6.10 Å². The SMILES string of the molecule is O=S(=O)(Nc1ccc(CCNCC(O)c2cncs2)cc1)c1ccc(I)cc1. The van der Waals surface area contributed by atoms with Crippen LogP contribution in [0.3, 0.4) is 0 Å². The summed E-state index contributed by atoms with van der Waals surface area (Å²) in [4.78, 5) is 5.04. The molecule has 1 aromatic heterocycles. The van der Waals surface area contributed by atoms with Gasteiger partial charge in [0.05, 0.1) is 15.3 Å². The molecule has 148 valence electrons. The number of nitrogens with one attached hydrogen (secondary N) is 2. The number of hydrogen-bond donors (Lipinski definition) is 3. The van der Waals surface area contributed by atoms with Crippen molar-refractivity contribution < 1.29 is 13.5 Å². The van der Waals surface area contributed by atoms with Gasteiger partial charge in [-0.1, -0.05) is 12.1 Å². The summed E-state index contributed by atoms with van der Waals surface area (Å²) in [7, 11) is -3.59. The van der Waals surface area contributed by atoms with Crippen molar-refractivity contribution in [2.45, 2.75) is 17.4 Å². The molecule has 0 aliphatic heterocycles. The van der Waals surface area contributed by atoms with E-state index in [0.29, 0.717) is 18.8 Å². The molecule has 0 bridgehead atoms. The van der Waals surface area contributed by atoms with Crippen LogP contribution in [0.4, 0.5) is 5.69 Å². The van der Waals surface area contributed by atoms with Gasteiger partial charge in [-0.15, -0.1) is 11.3 Å². The summed E-state index contributed by atoms with van der Waals surface area (Å²) >= 11 is 3.57. The van der Waals surface area contributed by atoms with E-state index in [1.54, 1.807) is 48.1 Å². The molecular formula is C19H20IN3O3S2. The maximum Gasteiger partial charge on any atom is 0.261 e. The molecule has 0 amide bonds. The predicted octanol–water partition coefficient (Wildman–Crippen LogP) is 3.41. The molecule has 0 aliphatic carbocycles. The molecule has 0 radical (unpaired) electrons. The summed E-state index contributed by atoms with van der Waals surface area (Å²) in [6, 6.07) is 14.0. The first-order valence-corrected chi connectivity index (χ1v) is 12.0. The van der Waals surface area contributed by atoms with Crippen LogP contribution in [0.1, 0.15) is 16.5 Å². The van der Waals surface area contributed by atoms with Crippen molar-refractivity contribution in [2.75, 3.05) is 17.8 Å². The summed E-state index contributed by atoms with van der Waals surface area (Å²) < 4.78 is 28.4. The number of thiazole rings is 1. The number of halogens is 1. The normalized spacial score (nSPS) is 12.6. The Labute approximate surface area is 182 Å². The molecule has 2 aromatic carbocycles. The first kappa shape index (κ1) is 21.2. The quantitative estimate of drug-likeness (QED) is 0.292. The van der Waals surface area contributed by atoms with E-state index >= 15 is 0 Å². The van der Waals surface area contributed by atoms with E-state index < -0.39 is 16.1 Å². The number of aliphatic hydroxyl groups excluding tert-OH is 1. The summed E-state index contributed by atoms with van der Waals surface area (Å²) in [5, 5.41) is 13.2. The van der Waals surface area contributed by atoms with Crippen molar-refractivity contribution in [3.05, 3.63) is 74.2 Å². The first-order chi connectivity index (χ1) is 13.4. The smallest absolute Gasteiger partial charge is 0.261 e. The lowest BCUT2D eigenvalue weighted by atomic mass is 10.1. The van der Waals surface area contributed by atoms with Crippen molar-refractivity contribution in [3.8, 4) is 0 Å². The Morgan fingerprint density at radius 1 is 1.11 bits per heavy atom. The first-order valence-electron chi connectivity index (χ1n) is 8.58. The second kappa shape index (κ2) is 9.79. The monoisotopic (exact) mass is 529 g/mol. The van der Waals surface area contributed by atoms with Crippen LogP contribution in [-0.4, -0.2) is 31.6 Å². The number of aromatic nitrogens is 1. The average Bonchev–Trinajstić information content (AvgIpc) is 3.21. The van der Waals surface area contributed by atoms with Gasteiger partial charge in [0, 0.05) is 22.0 Å². The van der Waals surface area contributed by atoms with Gasteiger partial charge in [0.2, 0.25) is 0 Å². The summed E-state index contributed by atoms with van der Waals surface area (Å²) in [5.41, 5.74) is 3.31. The van der Waals surface area contributed by atoms with Crippen LogP contribution < -0.4 is 10.0 Å². The van der Waals surface area contributed by atoms with Crippen molar-refractivity contribution in [3.63, 3.8) is 0 Å². The average molecular weight is 529 g/mol. The van der Waals surface area contributed by atoms with E-state index in [-0.39, 0.29) is 4.90 Å². The minimum atomic E-state index is -3.59. The number of anilines is 1. The van der Waals surface area contributed by atoms with E-state index in [0.717, 1.165) is 20.4 Å². The highest BCUT2D eigenvalue weighted by atomic mass is 127. The Bertz CT molecular complexity index is 976. The van der Waals surface area contributed by atoms with Gasteiger partial charge >= 0.3 is 0 Å². The molecule has 0 saturated heterocycles. The standard InChI is InChI=1S/C19H20IN3O3S2/c20-15-3-7-17(8-4-15)28(25,26)23-16-5-1-14(2-6-16)9-10-21-11-18(24)19-12-22-13-27-19/h1-8,12-13,18,21,23-24H,9-11H2. The van der Waals surface area contributed by atoms with Crippen LogP contribution in [0.15, 0.2) is 65.1 Å². The summed E-state index contributed by atoms with van der Waals surface area (Å²) in [6.07, 6.45) is 1.90. The van der Waals surface area contributed by atoms with Gasteiger partial charge in [-0.3, -0.25) is 9.71 Å². The van der Waals surface area contributed by atoms with Gasteiger partial charge in [-0.25, -0.2) is 8.42 Å². The Balaban J connectivity index is 1.48. The Morgan fingerprint density at radius 3 is 2.46 bits per heavy atom. The lowest BCUT2D eigenvalue weighted by Crippen LogP contribution is -2.23. The molecule has 1 heterocycles. The summed E-state index contributed by atoms with van der Waals surface area (Å²) in [5.74, 6) is 0. The van der Waals surface area contributed by atoms with Gasteiger partial charge in [-0.2, -0.15) is 0 Å². The zero-order chi connectivity index (χ0) is 20.0. The number of benzene rings is 2. The third kappa shape index (κ3) is 5.98. The number of aliphatic hydroxyl groups is 1. The lowest BCUT2D eigenvalue weighted by molar-refractivity contribution is 0.178. The largest absolute Gasteiger partial charge is 0.386 e. The lowest BCUT2D eigenvalue weighted by Gasteiger charge is -2.11. The number of sulfonamides is 1. The van der Waals surface area contributed by atoms with Crippen molar-refractivity contribution >= 4 is 49.6 Å². The molecule has 0 aliphatic rings. The molecule has 28 heavy (non-hydrogen) atoms. The van der Waals surface area contributed by atoms with Crippen LogP contribution >= 0.6 is 33.9 Å². The molecule has 1 unspecified atom stereocenters. The fourth-order valence-electron chi connectivity index (χ4n) is 2.53. The highest BCUT2D eigenvalue weighted by molar-refractivity contribution is 14.1. The topological polar surface area (TPSA) is 91.3 Å². The fraction of sp³-hybridized carbons (Fsp3) is 0.211. The highest BCUT2D eigenvalue weighted by Crippen LogP contribution is 2.18. The molecule has 0 spiro atoms. The molecule has 6 nitrogen and oxygen atoms in total. The predicted molar refractivity (Wildman–Crippen MR) is 120 cm³/mol. The number of rotatable bonds is 9. The van der Waals surface area contributed by atoms with Crippen molar-refractivity contribution in [2.24, 2.45) is 0 Å². The van der Waals surface area contributed by atoms with Crippen LogP contribution in [0.5, 0.6) is 0 Å². The highest BCUT2D eigenvalue weighted by Gasteiger charge is 2.14. The number of hydrogen-bond acceptors (Lipinski definition) is 6. The van der Waals surface area contributed by atoms with Crippen LogP contribution in [0, 0.1) is 3.57 Å². The van der Waals surface area contributed by atoms with E-state index in [1.165, 1.54) is 11.3 Å². The van der Waals surface area contributed by atoms with Crippen LogP contribution in [0.25, 0.3) is 0 Å². The Morgan fingerprint density at radius 2 is 1.82 bits per heavy atom. The van der Waals surface area contributed by atoms with Crippen molar-refractivity contribution in [1.29, 1.82) is 0 Å². The molecule has 0 saturated carbocycles. The van der Waals surface area contributed by atoms with Gasteiger partial charge in [0.15, 0.2) is 0 Å². The molecular weight excluding hydrogens is 509 g/mol. The van der Waals surface area contributed by atoms with E-state index in [2.05, 4.69) is 37.6 Å². The molecule has 3 N–H and O–H groups in total. The maximum atomic E-state index is 12.4. The molecule has 1 atom stereocenters. The Hall–Kier alpha value is -1.53. The van der Waals surface area contributed by atoms with E-state index in [4.69, 9.17) is 0 Å². The van der Waals surface area contributed by atoms with E-state index in [9.17, 15) is 13.5 Å². The fourth-order valence-corrected chi connectivity index (χ4v) is 4.55. The number of nitrogens with zero attached hydrogens (tertiary/aromatic N) is 1. The van der Waals surface area contributed by atoms with Gasteiger partial charge < -0.3 is 10.4 Å². The molecule has 3 aromatic rings. The summed E-state index contributed by atoms with van der Waals surface area (Å²) in [6.45, 7) is 1.18. The minimum Gasteiger partial charge on any atom is -0.386 e. The van der Waals surface area contributed by atoms with Gasteiger partial charge in [-0.05, 0) is 77.5 Å². The molecule has 0 fully saturated rings. The van der Waals surface area contributed by atoms with Crippen molar-refractivity contribution in [1.82, 2.24) is 10.3 Å². The Kier molecular flexibility index (Phi) is 7.41. The van der Waals surface area contributed by atoms with Crippen LogP contribution in [-0.2, 0) is 16.4 Å².